The molecule has 1 aliphatic rings. The van der Waals surface area contributed by atoms with Crippen molar-refractivity contribution in [2.75, 3.05) is 37.6 Å². The van der Waals surface area contributed by atoms with E-state index in [-0.39, 0.29) is 6.61 Å². The van der Waals surface area contributed by atoms with Gasteiger partial charge < -0.3 is 14.9 Å². The lowest BCUT2D eigenvalue weighted by Gasteiger charge is -2.27. The molecule has 0 spiro atoms. The minimum Gasteiger partial charge on any atom is -0.392 e. The maximum Gasteiger partial charge on any atom is 0.227 e. The van der Waals surface area contributed by atoms with Gasteiger partial charge in [0.2, 0.25) is 5.95 Å². The van der Waals surface area contributed by atoms with E-state index in [9.17, 15) is 5.11 Å². The van der Waals surface area contributed by atoms with Crippen molar-refractivity contribution in [3.63, 3.8) is 0 Å². The van der Waals surface area contributed by atoms with Crippen LogP contribution in [0.4, 0.5) is 5.95 Å². The Kier molecular flexibility index (Phi) is 6.59. The predicted octanol–water partition coefficient (Wildman–Crippen LogP) is 3.32. The summed E-state index contributed by atoms with van der Waals surface area (Å²) in [7, 11) is 0. The Morgan fingerprint density at radius 3 is 2.60 bits per heavy atom. The second-order valence-corrected chi connectivity index (χ2v) is 7.91. The fraction of sp³-hybridized carbons (Fsp3) is 0.522. The van der Waals surface area contributed by atoms with Gasteiger partial charge in [-0.05, 0) is 44.0 Å². The normalized spacial score (nSPS) is 14.7. The zero-order chi connectivity index (χ0) is 20.9. The van der Waals surface area contributed by atoms with Crippen molar-refractivity contribution in [3.8, 4) is 11.3 Å². The van der Waals surface area contributed by atoms with Crippen LogP contribution in [0.3, 0.4) is 0 Å². The lowest BCUT2D eigenvalue weighted by Crippen LogP contribution is -2.31. The van der Waals surface area contributed by atoms with E-state index in [1.165, 1.54) is 19.3 Å². The molecule has 0 unspecified atom stereocenters. The van der Waals surface area contributed by atoms with Crippen molar-refractivity contribution in [2.24, 2.45) is 0 Å². The molecule has 0 radical (unpaired) electrons. The molecule has 160 valence electrons. The van der Waals surface area contributed by atoms with Crippen molar-refractivity contribution in [1.82, 2.24) is 24.6 Å². The molecule has 7 heteroatoms. The summed E-state index contributed by atoms with van der Waals surface area (Å²) in [6, 6.07) is 7.96. The number of piperidine rings is 1. The third kappa shape index (κ3) is 4.32. The van der Waals surface area contributed by atoms with E-state index in [2.05, 4.69) is 28.7 Å². The van der Waals surface area contributed by atoms with E-state index in [4.69, 9.17) is 9.97 Å². The molecule has 3 aromatic rings. The molecule has 0 saturated carbocycles. The SMILES string of the molecule is CCN(CC)CCn1ncc2c(-c3cccc(CO)c3)nc(N3CCCCC3)nc21. The minimum atomic E-state index is 0.0180. The fourth-order valence-electron chi connectivity index (χ4n) is 4.16. The minimum absolute atomic E-state index is 0.0180. The Morgan fingerprint density at radius 2 is 1.87 bits per heavy atom. The molecule has 1 fully saturated rings. The summed E-state index contributed by atoms with van der Waals surface area (Å²) in [6.07, 6.45) is 5.51. The highest BCUT2D eigenvalue weighted by atomic mass is 16.3. The van der Waals surface area contributed by atoms with Crippen LogP contribution in [0.1, 0.15) is 38.7 Å². The molecule has 30 heavy (non-hydrogen) atoms. The maximum absolute atomic E-state index is 9.59. The molecular formula is C23H32N6O. The first kappa shape index (κ1) is 20.8. The zero-order valence-electron chi connectivity index (χ0n) is 18.1. The molecule has 0 amide bonds. The van der Waals surface area contributed by atoms with Gasteiger partial charge in [-0.15, -0.1) is 0 Å². The standard InChI is InChI=1S/C23H32N6O/c1-3-27(4-2)13-14-29-22-20(16-24-29)21(19-10-8-9-18(15-19)17-30)25-23(26-22)28-11-6-5-7-12-28/h8-10,15-16,30H,3-7,11-14,17H2,1-2H3. The van der Waals surface area contributed by atoms with Gasteiger partial charge >= 0.3 is 0 Å². The summed E-state index contributed by atoms with van der Waals surface area (Å²) in [5.74, 6) is 0.788. The van der Waals surface area contributed by atoms with E-state index in [1.54, 1.807) is 0 Å². The van der Waals surface area contributed by atoms with Crippen LogP contribution in [-0.4, -0.2) is 62.5 Å². The van der Waals surface area contributed by atoms with Crippen LogP contribution in [0.25, 0.3) is 22.3 Å². The molecule has 2 aromatic heterocycles. The molecule has 7 nitrogen and oxygen atoms in total. The molecule has 1 saturated heterocycles. The van der Waals surface area contributed by atoms with Gasteiger partial charge in [-0.3, -0.25) is 0 Å². The molecule has 0 bridgehead atoms. The van der Waals surface area contributed by atoms with E-state index in [0.29, 0.717) is 0 Å². The second-order valence-electron chi connectivity index (χ2n) is 7.91. The summed E-state index contributed by atoms with van der Waals surface area (Å²) in [4.78, 5) is 14.6. The third-order valence-electron chi connectivity index (χ3n) is 6.03. The summed E-state index contributed by atoms with van der Waals surface area (Å²) in [6.45, 7) is 10.2. The lowest BCUT2D eigenvalue weighted by molar-refractivity contribution is 0.282. The summed E-state index contributed by atoms with van der Waals surface area (Å²) >= 11 is 0. The van der Waals surface area contributed by atoms with Crippen LogP contribution in [0, 0.1) is 0 Å². The van der Waals surface area contributed by atoms with E-state index in [1.807, 2.05) is 35.1 Å². The van der Waals surface area contributed by atoms with Crippen LogP contribution in [0.5, 0.6) is 0 Å². The number of nitrogens with zero attached hydrogens (tertiary/aromatic N) is 6. The number of aromatic nitrogens is 4. The number of benzene rings is 1. The molecule has 4 rings (SSSR count). The van der Waals surface area contributed by atoms with Crippen molar-refractivity contribution in [3.05, 3.63) is 36.0 Å². The number of aliphatic hydroxyl groups excluding tert-OH is 1. The maximum atomic E-state index is 9.59. The number of aliphatic hydroxyl groups is 1. The van der Waals surface area contributed by atoms with Crippen LogP contribution >= 0.6 is 0 Å². The fourth-order valence-corrected chi connectivity index (χ4v) is 4.16. The molecule has 1 aromatic carbocycles. The summed E-state index contributed by atoms with van der Waals surface area (Å²) in [5.41, 5.74) is 3.66. The Bertz CT molecular complexity index is 975. The predicted molar refractivity (Wildman–Crippen MR) is 121 cm³/mol. The van der Waals surface area contributed by atoms with Gasteiger partial charge in [0.15, 0.2) is 5.65 Å². The van der Waals surface area contributed by atoms with Gasteiger partial charge in [0.05, 0.1) is 30.4 Å². The van der Waals surface area contributed by atoms with Gasteiger partial charge in [-0.1, -0.05) is 32.0 Å². The first-order valence-electron chi connectivity index (χ1n) is 11.1. The molecule has 1 N–H and O–H groups in total. The number of hydrogen-bond donors (Lipinski definition) is 1. The number of likely N-dealkylation sites (N-methyl/N-ethyl adjacent to an activating group) is 1. The van der Waals surface area contributed by atoms with E-state index >= 15 is 0 Å². The average molecular weight is 409 g/mol. The smallest absolute Gasteiger partial charge is 0.227 e. The molecule has 0 atom stereocenters. The number of fused-ring (bicyclic) bond motifs is 1. The van der Waals surface area contributed by atoms with Crippen LogP contribution < -0.4 is 4.90 Å². The van der Waals surface area contributed by atoms with Gasteiger partial charge in [0, 0.05) is 25.2 Å². The van der Waals surface area contributed by atoms with E-state index in [0.717, 1.165) is 73.1 Å². The molecule has 0 aliphatic carbocycles. The Labute approximate surface area is 178 Å². The van der Waals surface area contributed by atoms with Crippen molar-refractivity contribution in [1.29, 1.82) is 0 Å². The highest BCUT2D eigenvalue weighted by Gasteiger charge is 2.20. The zero-order valence-corrected chi connectivity index (χ0v) is 18.1. The lowest BCUT2D eigenvalue weighted by atomic mass is 10.1. The third-order valence-corrected chi connectivity index (χ3v) is 6.03. The highest BCUT2D eigenvalue weighted by Crippen LogP contribution is 2.30. The second kappa shape index (κ2) is 9.53. The molecule has 3 heterocycles. The van der Waals surface area contributed by atoms with Crippen LogP contribution in [0.2, 0.25) is 0 Å². The van der Waals surface area contributed by atoms with Crippen LogP contribution in [-0.2, 0) is 13.2 Å². The number of anilines is 1. The number of rotatable bonds is 8. The van der Waals surface area contributed by atoms with Gasteiger partial charge in [-0.25, -0.2) is 9.67 Å². The monoisotopic (exact) mass is 408 g/mol. The van der Waals surface area contributed by atoms with Crippen molar-refractivity contribution in [2.45, 2.75) is 46.3 Å². The van der Waals surface area contributed by atoms with E-state index < -0.39 is 0 Å². The topological polar surface area (TPSA) is 70.3 Å². The Morgan fingerprint density at radius 1 is 1.07 bits per heavy atom. The van der Waals surface area contributed by atoms with Gasteiger partial charge in [-0.2, -0.15) is 10.1 Å². The first-order valence-corrected chi connectivity index (χ1v) is 11.1. The van der Waals surface area contributed by atoms with Gasteiger partial charge in [0.25, 0.3) is 0 Å². The van der Waals surface area contributed by atoms with Crippen LogP contribution in [0.15, 0.2) is 30.5 Å². The Balaban J connectivity index is 1.78. The average Bonchev–Trinajstić information content (AvgIpc) is 3.22. The Hall–Kier alpha value is -2.51. The quantitative estimate of drug-likeness (QED) is 0.617. The summed E-state index contributed by atoms with van der Waals surface area (Å²) in [5, 5.41) is 15.2. The highest BCUT2D eigenvalue weighted by molar-refractivity contribution is 5.91. The molecular weight excluding hydrogens is 376 g/mol. The first-order chi connectivity index (χ1) is 14.7. The van der Waals surface area contributed by atoms with Crippen molar-refractivity contribution >= 4 is 17.0 Å². The largest absolute Gasteiger partial charge is 0.392 e. The van der Waals surface area contributed by atoms with Crippen molar-refractivity contribution < 1.29 is 5.11 Å². The number of hydrogen-bond acceptors (Lipinski definition) is 6. The molecule has 1 aliphatic heterocycles. The summed E-state index contributed by atoms with van der Waals surface area (Å²) < 4.78 is 2.02. The van der Waals surface area contributed by atoms with Gasteiger partial charge in [0.1, 0.15) is 0 Å².